The van der Waals surface area contributed by atoms with E-state index in [0.29, 0.717) is 6.10 Å². The third-order valence-corrected chi connectivity index (χ3v) is 6.31. The molecule has 2 fully saturated rings. The van der Waals surface area contributed by atoms with Crippen LogP contribution in [0, 0.1) is 0 Å². The Balaban J connectivity index is 1.14. The summed E-state index contributed by atoms with van der Waals surface area (Å²) in [5.74, 6) is 1.78. The maximum Gasteiger partial charge on any atom is 0.239 e. The predicted molar refractivity (Wildman–Crippen MR) is 125 cm³/mol. The van der Waals surface area contributed by atoms with Crippen LogP contribution >= 0.6 is 0 Å². The highest BCUT2D eigenvalue weighted by Gasteiger charge is 2.24. The number of nitrogens with zero attached hydrogens (tertiary/aromatic N) is 3. The van der Waals surface area contributed by atoms with Gasteiger partial charge in [-0.1, -0.05) is 6.07 Å². The van der Waals surface area contributed by atoms with Gasteiger partial charge in [0.05, 0.1) is 18.0 Å². The van der Waals surface area contributed by atoms with Crippen molar-refractivity contribution < 1.29 is 9.53 Å². The molecular formula is C24H30N6O2. The first-order valence-corrected chi connectivity index (χ1v) is 11.6. The fourth-order valence-corrected chi connectivity index (χ4v) is 4.74. The Labute approximate surface area is 187 Å². The van der Waals surface area contributed by atoms with Crippen LogP contribution in [-0.4, -0.2) is 52.6 Å². The normalized spacial score (nSPS) is 19.2. The Kier molecular flexibility index (Phi) is 6.09. The maximum atomic E-state index is 12.6. The first-order valence-electron chi connectivity index (χ1n) is 11.6. The van der Waals surface area contributed by atoms with Gasteiger partial charge in [-0.25, -0.2) is 9.97 Å². The molecule has 3 N–H and O–H groups in total. The van der Waals surface area contributed by atoms with E-state index < -0.39 is 0 Å². The van der Waals surface area contributed by atoms with Crippen molar-refractivity contribution in [1.82, 2.24) is 20.3 Å². The van der Waals surface area contributed by atoms with Crippen LogP contribution in [0.25, 0.3) is 11.0 Å². The van der Waals surface area contributed by atoms with Crippen molar-refractivity contribution in [3.8, 4) is 5.75 Å². The molecule has 1 amide bonds. The number of benzene rings is 1. The van der Waals surface area contributed by atoms with E-state index in [4.69, 9.17) is 4.74 Å². The minimum atomic E-state index is -0.00607. The SMILES string of the molecule is O=C(CNc1cccc(OC2CCCC2)c1)N[C@@H]1CCCN(c2ncnc3[nH]ccc23)C1. The zero-order chi connectivity index (χ0) is 21.8. The Morgan fingerprint density at radius 2 is 2.06 bits per heavy atom. The van der Waals surface area contributed by atoms with E-state index in [1.54, 1.807) is 6.33 Å². The molecule has 1 saturated heterocycles. The van der Waals surface area contributed by atoms with Crippen LogP contribution in [0.15, 0.2) is 42.9 Å². The van der Waals surface area contributed by atoms with Gasteiger partial charge in [0, 0.05) is 37.1 Å². The van der Waals surface area contributed by atoms with Gasteiger partial charge in [0.15, 0.2) is 0 Å². The smallest absolute Gasteiger partial charge is 0.239 e. The number of amides is 1. The molecule has 1 aromatic carbocycles. The number of nitrogens with one attached hydrogen (secondary N) is 3. The number of aromatic amines is 1. The molecule has 1 atom stereocenters. The van der Waals surface area contributed by atoms with Crippen LogP contribution in [0.2, 0.25) is 0 Å². The largest absolute Gasteiger partial charge is 0.490 e. The molecule has 0 bridgehead atoms. The van der Waals surface area contributed by atoms with E-state index in [9.17, 15) is 4.79 Å². The van der Waals surface area contributed by atoms with E-state index in [-0.39, 0.29) is 18.5 Å². The van der Waals surface area contributed by atoms with Gasteiger partial charge in [0.25, 0.3) is 0 Å². The fourth-order valence-electron chi connectivity index (χ4n) is 4.74. The standard InChI is InChI=1S/C24H30N6O2/c31-22(14-26-17-5-3-9-20(13-17)32-19-7-1-2-8-19)29-18-6-4-12-30(15-18)24-21-10-11-25-23(21)27-16-28-24/h3,5,9-11,13,16,18-19,26H,1-2,4,6-8,12,14-15H2,(H,29,31)(H,25,27,28)/t18-/m1/s1. The third-order valence-electron chi connectivity index (χ3n) is 6.31. The van der Waals surface area contributed by atoms with E-state index in [1.807, 2.05) is 36.5 Å². The molecule has 0 radical (unpaired) electrons. The average Bonchev–Trinajstić information content (AvgIpc) is 3.50. The summed E-state index contributed by atoms with van der Waals surface area (Å²) in [6.07, 6.45) is 10.5. The molecule has 1 saturated carbocycles. The molecule has 3 aromatic rings. The molecule has 2 aromatic heterocycles. The van der Waals surface area contributed by atoms with Crippen LogP contribution in [0.3, 0.4) is 0 Å². The van der Waals surface area contributed by atoms with E-state index >= 15 is 0 Å². The van der Waals surface area contributed by atoms with Crippen LogP contribution in [-0.2, 0) is 4.79 Å². The fraction of sp³-hybridized carbons (Fsp3) is 0.458. The summed E-state index contributed by atoms with van der Waals surface area (Å²) in [7, 11) is 0. The van der Waals surface area contributed by atoms with Crippen molar-refractivity contribution in [2.24, 2.45) is 0 Å². The number of hydrogen-bond donors (Lipinski definition) is 3. The highest BCUT2D eigenvalue weighted by atomic mass is 16.5. The molecule has 5 rings (SSSR count). The van der Waals surface area contributed by atoms with Gasteiger partial charge in [0.2, 0.25) is 5.91 Å². The summed E-state index contributed by atoms with van der Waals surface area (Å²) in [5.41, 5.74) is 1.74. The summed E-state index contributed by atoms with van der Waals surface area (Å²) in [6, 6.07) is 9.99. The minimum absolute atomic E-state index is 0.00607. The number of carbonyl (C=O) groups is 1. The Bertz CT molecular complexity index is 1060. The second kappa shape index (κ2) is 9.46. The van der Waals surface area contributed by atoms with Gasteiger partial charge in [-0.15, -0.1) is 0 Å². The number of piperidine rings is 1. The topological polar surface area (TPSA) is 95.2 Å². The van der Waals surface area contributed by atoms with Gasteiger partial charge < -0.3 is 25.3 Å². The van der Waals surface area contributed by atoms with Gasteiger partial charge in [0.1, 0.15) is 23.5 Å². The van der Waals surface area contributed by atoms with E-state index in [1.165, 1.54) is 12.8 Å². The second-order valence-corrected chi connectivity index (χ2v) is 8.70. The first kappa shape index (κ1) is 20.6. The molecular weight excluding hydrogens is 404 g/mol. The van der Waals surface area contributed by atoms with Crippen LogP contribution in [0.1, 0.15) is 38.5 Å². The van der Waals surface area contributed by atoms with E-state index in [2.05, 4.69) is 30.5 Å². The minimum Gasteiger partial charge on any atom is -0.490 e. The first-order chi connectivity index (χ1) is 15.7. The van der Waals surface area contributed by atoms with Crippen LogP contribution < -0.4 is 20.3 Å². The maximum absolute atomic E-state index is 12.6. The third kappa shape index (κ3) is 4.79. The van der Waals surface area contributed by atoms with Crippen LogP contribution in [0.4, 0.5) is 11.5 Å². The van der Waals surface area contributed by atoms with Gasteiger partial charge >= 0.3 is 0 Å². The lowest BCUT2D eigenvalue weighted by atomic mass is 10.1. The monoisotopic (exact) mass is 434 g/mol. The molecule has 1 aliphatic carbocycles. The second-order valence-electron chi connectivity index (χ2n) is 8.70. The number of carbonyl (C=O) groups excluding carboxylic acids is 1. The van der Waals surface area contributed by atoms with Crippen molar-refractivity contribution in [3.05, 3.63) is 42.9 Å². The Hall–Kier alpha value is -3.29. The number of hydrogen-bond acceptors (Lipinski definition) is 6. The lowest BCUT2D eigenvalue weighted by molar-refractivity contribution is -0.120. The molecule has 8 nitrogen and oxygen atoms in total. The van der Waals surface area contributed by atoms with Gasteiger partial charge in [-0.3, -0.25) is 4.79 Å². The Morgan fingerprint density at radius 1 is 1.16 bits per heavy atom. The molecule has 3 heterocycles. The molecule has 32 heavy (non-hydrogen) atoms. The van der Waals surface area contributed by atoms with E-state index in [0.717, 1.165) is 67.1 Å². The number of aromatic nitrogens is 3. The zero-order valence-electron chi connectivity index (χ0n) is 18.2. The summed E-state index contributed by atoms with van der Waals surface area (Å²) in [6.45, 7) is 1.91. The van der Waals surface area contributed by atoms with Gasteiger partial charge in [-0.05, 0) is 56.7 Å². The molecule has 168 valence electrons. The molecule has 2 aliphatic rings. The highest BCUT2D eigenvalue weighted by molar-refractivity contribution is 5.87. The molecule has 0 unspecified atom stereocenters. The van der Waals surface area contributed by atoms with Crippen molar-refractivity contribution >= 4 is 28.4 Å². The summed E-state index contributed by atoms with van der Waals surface area (Å²) in [4.78, 5) is 26.7. The summed E-state index contributed by atoms with van der Waals surface area (Å²) < 4.78 is 6.06. The van der Waals surface area contributed by atoms with Gasteiger partial charge in [-0.2, -0.15) is 0 Å². The van der Waals surface area contributed by atoms with Crippen molar-refractivity contribution in [1.29, 1.82) is 0 Å². The summed E-state index contributed by atoms with van der Waals surface area (Å²) >= 11 is 0. The lowest BCUT2D eigenvalue weighted by Crippen LogP contribution is -2.49. The number of rotatable bonds is 7. The summed E-state index contributed by atoms with van der Waals surface area (Å²) in [5, 5.41) is 7.43. The highest BCUT2D eigenvalue weighted by Crippen LogP contribution is 2.26. The average molecular weight is 435 g/mol. The zero-order valence-corrected chi connectivity index (χ0v) is 18.2. The Morgan fingerprint density at radius 3 is 2.97 bits per heavy atom. The molecule has 1 aliphatic heterocycles. The number of ether oxygens (including phenoxy) is 1. The van der Waals surface area contributed by atoms with Crippen molar-refractivity contribution in [2.45, 2.75) is 50.7 Å². The van der Waals surface area contributed by atoms with Crippen molar-refractivity contribution in [3.63, 3.8) is 0 Å². The number of fused-ring (bicyclic) bond motifs is 1. The van der Waals surface area contributed by atoms with Crippen LogP contribution in [0.5, 0.6) is 5.75 Å². The quantitative estimate of drug-likeness (QED) is 0.527. The molecule has 0 spiro atoms. The number of anilines is 2. The lowest BCUT2D eigenvalue weighted by Gasteiger charge is -2.34. The number of H-pyrrole nitrogens is 1. The van der Waals surface area contributed by atoms with Crippen molar-refractivity contribution in [2.75, 3.05) is 29.9 Å². The molecule has 8 heteroatoms. The predicted octanol–water partition coefficient (Wildman–Crippen LogP) is 3.48.